The molecule has 1 heterocycles. The van der Waals surface area contributed by atoms with Crippen molar-refractivity contribution < 1.29 is 9.59 Å². The van der Waals surface area contributed by atoms with Crippen molar-refractivity contribution in [3.8, 4) is 0 Å². The van der Waals surface area contributed by atoms with Crippen LogP contribution in [-0.2, 0) is 9.59 Å². The number of rotatable bonds is 7. The molecule has 3 N–H and O–H groups in total. The van der Waals surface area contributed by atoms with Gasteiger partial charge in [-0.25, -0.2) is 0 Å². The Morgan fingerprint density at radius 1 is 1.17 bits per heavy atom. The molecule has 5 nitrogen and oxygen atoms in total. The van der Waals surface area contributed by atoms with Gasteiger partial charge in [0.2, 0.25) is 11.8 Å². The van der Waals surface area contributed by atoms with Crippen LogP contribution in [0.5, 0.6) is 0 Å². The van der Waals surface area contributed by atoms with Crippen molar-refractivity contribution in [2.24, 2.45) is 5.41 Å². The molecular formula is C13H25N3O2. The van der Waals surface area contributed by atoms with Crippen molar-refractivity contribution in [3.63, 3.8) is 0 Å². The number of amides is 2. The van der Waals surface area contributed by atoms with Gasteiger partial charge in [-0.3, -0.25) is 9.59 Å². The topological polar surface area (TPSA) is 70.2 Å². The highest BCUT2D eigenvalue weighted by atomic mass is 16.2. The first-order chi connectivity index (χ1) is 8.64. The van der Waals surface area contributed by atoms with Crippen LogP contribution in [0.2, 0.25) is 0 Å². The van der Waals surface area contributed by atoms with Crippen LogP contribution in [0.15, 0.2) is 0 Å². The van der Waals surface area contributed by atoms with E-state index in [1.807, 2.05) is 13.8 Å². The molecule has 0 aromatic rings. The lowest BCUT2D eigenvalue weighted by Crippen LogP contribution is -2.46. The molecule has 1 fully saturated rings. The molecule has 1 rings (SSSR count). The van der Waals surface area contributed by atoms with E-state index >= 15 is 0 Å². The number of carbonyl (C=O) groups is 2. The monoisotopic (exact) mass is 255 g/mol. The van der Waals surface area contributed by atoms with E-state index < -0.39 is 5.41 Å². The fourth-order valence-corrected chi connectivity index (χ4v) is 2.23. The van der Waals surface area contributed by atoms with E-state index in [0.717, 1.165) is 25.8 Å². The van der Waals surface area contributed by atoms with E-state index in [4.69, 9.17) is 0 Å². The normalized spacial score (nSPS) is 22.8. The lowest BCUT2D eigenvalue weighted by atomic mass is 9.82. The van der Waals surface area contributed by atoms with Gasteiger partial charge in [0.25, 0.3) is 0 Å². The van der Waals surface area contributed by atoms with E-state index in [2.05, 4.69) is 16.0 Å². The molecule has 0 bridgehead atoms. The fourth-order valence-electron chi connectivity index (χ4n) is 2.23. The molecule has 5 heteroatoms. The lowest BCUT2D eigenvalue weighted by Gasteiger charge is -2.26. The van der Waals surface area contributed by atoms with Crippen LogP contribution >= 0.6 is 0 Å². The van der Waals surface area contributed by atoms with Crippen molar-refractivity contribution in [1.29, 1.82) is 0 Å². The largest absolute Gasteiger partial charge is 0.356 e. The SMILES string of the molecule is CCCNC(=O)CC1(C(=O)NCCC)CCNC1. The summed E-state index contributed by atoms with van der Waals surface area (Å²) in [5.74, 6) is -0.00630. The van der Waals surface area contributed by atoms with Crippen LogP contribution in [0.3, 0.4) is 0 Å². The van der Waals surface area contributed by atoms with Crippen molar-refractivity contribution in [3.05, 3.63) is 0 Å². The van der Waals surface area contributed by atoms with Crippen molar-refractivity contribution in [1.82, 2.24) is 16.0 Å². The fraction of sp³-hybridized carbons (Fsp3) is 0.846. The molecule has 0 aromatic heterocycles. The highest BCUT2D eigenvalue weighted by Gasteiger charge is 2.42. The standard InChI is InChI=1S/C13H25N3O2/c1-3-6-15-11(17)9-13(5-8-14-10-13)12(18)16-7-4-2/h14H,3-10H2,1-2H3,(H,15,17)(H,16,18). The third-order valence-corrected chi connectivity index (χ3v) is 3.33. The molecule has 0 saturated carbocycles. The van der Waals surface area contributed by atoms with E-state index in [1.165, 1.54) is 0 Å². The Labute approximate surface area is 109 Å². The molecule has 1 saturated heterocycles. The van der Waals surface area contributed by atoms with E-state index in [1.54, 1.807) is 0 Å². The van der Waals surface area contributed by atoms with Crippen LogP contribution in [0.4, 0.5) is 0 Å². The third kappa shape index (κ3) is 3.98. The van der Waals surface area contributed by atoms with Crippen LogP contribution < -0.4 is 16.0 Å². The van der Waals surface area contributed by atoms with Gasteiger partial charge in [0.05, 0.1) is 5.41 Å². The summed E-state index contributed by atoms with van der Waals surface area (Å²) in [4.78, 5) is 24.0. The maximum atomic E-state index is 12.2. The minimum atomic E-state index is -0.549. The second-order valence-electron chi connectivity index (χ2n) is 4.99. The van der Waals surface area contributed by atoms with E-state index in [0.29, 0.717) is 19.6 Å². The Kier molecular flexibility index (Phi) is 6.12. The van der Waals surface area contributed by atoms with E-state index in [-0.39, 0.29) is 18.2 Å². The van der Waals surface area contributed by atoms with Gasteiger partial charge in [-0.1, -0.05) is 13.8 Å². The average molecular weight is 255 g/mol. The van der Waals surface area contributed by atoms with Crippen LogP contribution in [-0.4, -0.2) is 38.0 Å². The Morgan fingerprint density at radius 3 is 2.39 bits per heavy atom. The van der Waals surface area contributed by atoms with Crippen LogP contribution in [0.25, 0.3) is 0 Å². The second kappa shape index (κ2) is 7.36. The third-order valence-electron chi connectivity index (χ3n) is 3.33. The first kappa shape index (κ1) is 15.0. The second-order valence-corrected chi connectivity index (χ2v) is 4.99. The van der Waals surface area contributed by atoms with Gasteiger partial charge in [-0.15, -0.1) is 0 Å². The average Bonchev–Trinajstić information content (AvgIpc) is 2.83. The predicted octanol–water partition coefficient (Wildman–Crippen LogP) is 0.409. The maximum absolute atomic E-state index is 12.2. The van der Waals surface area contributed by atoms with Crippen LogP contribution in [0.1, 0.15) is 39.5 Å². The summed E-state index contributed by atoms with van der Waals surface area (Å²) in [7, 11) is 0. The molecule has 104 valence electrons. The zero-order valence-electron chi connectivity index (χ0n) is 11.5. The molecule has 0 radical (unpaired) electrons. The molecule has 1 atom stereocenters. The Bertz CT molecular complexity index is 286. The number of nitrogens with one attached hydrogen (secondary N) is 3. The molecule has 2 amide bonds. The van der Waals surface area contributed by atoms with Gasteiger partial charge in [0.1, 0.15) is 0 Å². The summed E-state index contributed by atoms with van der Waals surface area (Å²) >= 11 is 0. The number of carbonyl (C=O) groups excluding carboxylic acids is 2. The molecule has 0 aliphatic carbocycles. The summed E-state index contributed by atoms with van der Waals surface area (Å²) in [6, 6.07) is 0. The quantitative estimate of drug-likeness (QED) is 0.617. The number of hydrogen-bond acceptors (Lipinski definition) is 3. The summed E-state index contributed by atoms with van der Waals surface area (Å²) in [5, 5.41) is 8.96. The molecule has 0 spiro atoms. The molecule has 1 aliphatic rings. The van der Waals surface area contributed by atoms with Crippen molar-refractivity contribution >= 4 is 11.8 Å². The van der Waals surface area contributed by atoms with Crippen LogP contribution in [0, 0.1) is 5.41 Å². The smallest absolute Gasteiger partial charge is 0.228 e. The zero-order valence-corrected chi connectivity index (χ0v) is 11.5. The van der Waals surface area contributed by atoms with Gasteiger partial charge in [0, 0.05) is 26.1 Å². The summed E-state index contributed by atoms with van der Waals surface area (Å²) < 4.78 is 0. The van der Waals surface area contributed by atoms with Gasteiger partial charge < -0.3 is 16.0 Å². The summed E-state index contributed by atoms with van der Waals surface area (Å²) in [6.45, 7) is 6.80. The summed E-state index contributed by atoms with van der Waals surface area (Å²) in [6.07, 6.45) is 2.86. The first-order valence-corrected chi connectivity index (χ1v) is 6.90. The van der Waals surface area contributed by atoms with Gasteiger partial charge in [0.15, 0.2) is 0 Å². The Balaban J connectivity index is 2.57. The Hall–Kier alpha value is -1.10. The molecule has 18 heavy (non-hydrogen) atoms. The highest BCUT2D eigenvalue weighted by Crippen LogP contribution is 2.29. The molecule has 1 aliphatic heterocycles. The molecule has 0 aromatic carbocycles. The minimum Gasteiger partial charge on any atom is -0.356 e. The molecule has 1 unspecified atom stereocenters. The Morgan fingerprint density at radius 2 is 1.83 bits per heavy atom. The van der Waals surface area contributed by atoms with Gasteiger partial charge in [-0.05, 0) is 25.8 Å². The lowest BCUT2D eigenvalue weighted by molar-refractivity contribution is -0.135. The summed E-state index contributed by atoms with van der Waals surface area (Å²) in [5.41, 5.74) is -0.549. The zero-order chi connectivity index (χ0) is 13.4. The first-order valence-electron chi connectivity index (χ1n) is 6.90. The number of hydrogen-bond donors (Lipinski definition) is 3. The minimum absolute atomic E-state index is 0.0148. The van der Waals surface area contributed by atoms with Gasteiger partial charge >= 0.3 is 0 Å². The van der Waals surface area contributed by atoms with Crippen molar-refractivity contribution in [2.45, 2.75) is 39.5 Å². The molecular weight excluding hydrogens is 230 g/mol. The van der Waals surface area contributed by atoms with Gasteiger partial charge in [-0.2, -0.15) is 0 Å². The maximum Gasteiger partial charge on any atom is 0.228 e. The highest BCUT2D eigenvalue weighted by molar-refractivity contribution is 5.89. The van der Waals surface area contributed by atoms with E-state index in [9.17, 15) is 9.59 Å². The predicted molar refractivity (Wildman–Crippen MR) is 71.1 cm³/mol. The van der Waals surface area contributed by atoms with Crippen molar-refractivity contribution in [2.75, 3.05) is 26.2 Å².